The minimum Gasteiger partial charge on any atom is -0.495 e. The van der Waals surface area contributed by atoms with Crippen molar-refractivity contribution in [2.45, 2.75) is 26.9 Å². The van der Waals surface area contributed by atoms with Gasteiger partial charge >= 0.3 is 0 Å². The van der Waals surface area contributed by atoms with E-state index < -0.39 is 12.0 Å². The van der Waals surface area contributed by atoms with Gasteiger partial charge in [0.15, 0.2) is 6.10 Å². The lowest BCUT2D eigenvalue weighted by molar-refractivity contribution is -0.122. The normalized spacial score (nSPS) is 11.6. The lowest BCUT2D eigenvalue weighted by atomic mass is 10.1. The van der Waals surface area contributed by atoms with Crippen molar-refractivity contribution in [2.75, 3.05) is 19.5 Å². The summed E-state index contributed by atoms with van der Waals surface area (Å²) in [6.07, 6.45) is -0.918. The summed E-state index contributed by atoms with van der Waals surface area (Å²) >= 11 is 6.16. The maximum absolute atomic E-state index is 12.7. The van der Waals surface area contributed by atoms with Gasteiger partial charge in [0, 0.05) is 18.2 Å². The molecule has 3 aromatic rings. The van der Waals surface area contributed by atoms with Gasteiger partial charge in [-0.05, 0) is 50.1 Å². The Labute approximate surface area is 190 Å². The molecule has 3 rings (SSSR count). The van der Waals surface area contributed by atoms with E-state index in [0.29, 0.717) is 27.9 Å². The van der Waals surface area contributed by atoms with Crippen LogP contribution in [0.3, 0.4) is 0 Å². The van der Waals surface area contributed by atoms with Crippen LogP contribution in [0.25, 0.3) is 5.69 Å². The average Bonchev–Trinajstić information content (AvgIpc) is 2.77. The molecule has 0 saturated heterocycles. The second kappa shape index (κ2) is 9.74. The average molecular weight is 458 g/mol. The van der Waals surface area contributed by atoms with Crippen LogP contribution >= 0.6 is 11.6 Å². The van der Waals surface area contributed by atoms with Crippen LogP contribution in [0.2, 0.25) is 5.02 Å². The van der Waals surface area contributed by atoms with Gasteiger partial charge in [0.05, 0.1) is 30.6 Å². The van der Waals surface area contributed by atoms with Crippen molar-refractivity contribution in [1.29, 1.82) is 0 Å². The Morgan fingerprint density at radius 3 is 2.41 bits per heavy atom. The Morgan fingerprint density at radius 2 is 1.75 bits per heavy atom. The van der Waals surface area contributed by atoms with Crippen LogP contribution in [0.1, 0.15) is 18.1 Å². The summed E-state index contributed by atoms with van der Waals surface area (Å²) in [5, 5.41) is 7.29. The zero-order valence-corrected chi connectivity index (χ0v) is 19.2. The number of anilines is 1. The maximum Gasteiger partial charge on any atom is 0.271 e. The number of hydrogen-bond acceptors (Lipinski definition) is 6. The molecule has 0 aliphatic rings. The molecule has 0 aliphatic heterocycles. The van der Waals surface area contributed by atoms with E-state index in [-0.39, 0.29) is 11.4 Å². The van der Waals surface area contributed by atoms with Crippen molar-refractivity contribution in [3.05, 3.63) is 69.0 Å². The third-order valence-corrected chi connectivity index (χ3v) is 5.20. The third-order valence-electron chi connectivity index (χ3n) is 4.91. The molecule has 1 heterocycles. The minimum absolute atomic E-state index is 0.130. The molecule has 2 aromatic carbocycles. The molecule has 0 saturated carbocycles. The van der Waals surface area contributed by atoms with Gasteiger partial charge in [0.1, 0.15) is 11.5 Å². The number of rotatable bonds is 7. The van der Waals surface area contributed by atoms with Crippen molar-refractivity contribution in [3.63, 3.8) is 0 Å². The first-order valence-electron chi connectivity index (χ1n) is 9.80. The highest BCUT2D eigenvalue weighted by Gasteiger charge is 2.19. The van der Waals surface area contributed by atoms with Gasteiger partial charge in [0.2, 0.25) is 5.88 Å². The van der Waals surface area contributed by atoms with E-state index in [1.165, 1.54) is 37.1 Å². The zero-order chi connectivity index (χ0) is 23.4. The van der Waals surface area contributed by atoms with E-state index in [1.54, 1.807) is 19.1 Å². The molecule has 32 heavy (non-hydrogen) atoms. The molecular formula is C23H24ClN3O5. The molecule has 0 radical (unpaired) electrons. The second-order valence-electron chi connectivity index (χ2n) is 7.13. The molecule has 168 valence electrons. The fourth-order valence-corrected chi connectivity index (χ4v) is 3.17. The van der Waals surface area contributed by atoms with Gasteiger partial charge in [0.25, 0.3) is 11.5 Å². The van der Waals surface area contributed by atoms with E-state index in [4.69, 9.17) is 25.8 Å². The van der Waals surface area contributed by atoms with E-state index in [1.807, 2.05) is 26.0 Å². The van der Waals surface area contributed by atoms with Crippen LogP contribution in [0.15, 0.2) is 47.3 Å². The standard InChI is InChI=1S/C23H24ClN3O5/c1-13-6-7-16(10-14(13)2)27-22(28)9-8-21(26-27)32-15(3)23(29)25-18-11-17(24)19(30-4)12-20(18)31-5/h6-12,15H,1-5H3,(H,25,29)/t15-/m0/s1. The number of hydrogen-bond donors (Lipinski definition) is 1. The fourth-order valence-electron chi connectivity index (χ4n) is 2.93. The smallest absolute Gasteiger partial charge is 0.271 e. The van der Waals surface area contributed by atoms with E-state index >= 15 is 0 Å². The van der Waals surface area contributed by atoms with Gasteiger partial charge in [-0.2, -0.15) is 4.68 Å². The van der Waals surface area contributed by atoms with Crippen LogP contribution in [0, 0.1) is 13.8 Å². The molecule has 0 fully saturated rings. The topological polar surface area (TPSA) is 91.7 Å². The molecule has 1 N–H and O–H groups in total. The van der Waals surface area contributed by atoms with Gasteiger partial charge < -0.3 is 19.5 Å². The first-order chi connectivity index (χ1) is 15.2. The van der Waals surface area contributed by atoms with Gasteiger partial charge in [-0.3, -0.25) is 9.59 Å². The SMILES string of the molecule is COc1cc(OC)c(NC(=O)[C@H](C)Oc2ccc(=O)n(-c3ccc(C)c(C)c3)n2)cc1Cl. The van der Waals surface area contributed by atoms with E-state index in [9.17, 15) is 9.59 Å². The molecule has 0 aliphatic carbocycles. The van der Waals surface area contributed by atoms with Crippen LogP contribution in [-0.4, -0.2) is 36.0 Å². The number of ether oxygens (including phenoxy) is 3. The van der Waals surface area contributed by atoms with Crippen molar-refractivity contribution in [2.24, 2.45) is 0 Å². The number of aromatic nitrogens is 2. The summed E-state index contributed by atoms with van der Waals surface area (Å²) < 4.78 is 17.4. The summed E-state index contributed by atoms with van der Waals surface area (Å²) in [6, 6.07) is 11.4. The fraction of sp³-hybridized carbons (Fsp3) is 0.261. The molecule has 1 aromatic heterocycles. The molecule has 0 bridgehead atoms. The number of carbonyl (C=O) groups excluding carboxylic acids is 1. The number of amides is 1. The highest BCUT2D eigenvalue weighted by atomic mass is 35.5. The Bertz CT molecular complexity index is 1210. The molecule has 0 spiro atoms. The summed E-state index contributed by atoms with van der Waals surface area (Å²) in [5.74, 6) is 0.484. The van der Waals surface area contributed by atoms with Crippen molar-refractivity contribution >= 4 is 23.2 Å². The number of aryl methyl sites for hydroxylation is 2. The van der Waals surface area contributed by atoms with Crippen LogP contribution in [0.5, 0.6) is 17.4 Å². The highest BCUT2D eigenvalue weighted by molar-refractivity contribution is 6.32. The third kappa shape index (κ3) is 5.03. The van der Waals surface area contributed by atoms with Crippen molar-refractivity contribution in [3.8, 4) is 23.1 Å². The first kappa shape index (κ1) is 23.1. The lowest BCUT2D eigenvalue weighted by Gasteiger charge is -2.17. The predicted molar refractivity (Wildman–Crippen MR) is 123 cm³/mol. The Morgan fingerprint density at radius 1 is 1.03 bits per heavy atom. The quantitative estimate of drug-likeness (QED) is 0.578. The zero-order valence-electron chi connectivity index (χ0n) is 18.4. The summed E-state index contributed by atoms with van der Waals surface area (Å²) in [6.45, 7) is 5.51. The molecule has 1 atom stereocenters. The predicted octanol–water partition coefficient (Wildman–Crippen LogP) is 3.93. The summed E-state index contributed by atoms with van der Waals surface area (Å²) in [7, 11) is 2.96. The van der Waals surface area contributed by atoms with Crippen molar-refractivity contribution < 1.29 is 19.0 Å². The largest absolute Gasteiger partial charge is 0.495 e. The van der Waals surface area contributed by atoms with E-state index in [2.05, 4.69) is 10.4 Å². The van der Waals surface area contributed by atoms with Gasteiger partial charge in [-0.15, -0.1) is 5.10 Å². The second-order valence-corrected chi connectivity index (χ2v) is 7.53. The lowest BCUT2D eigenvalue weighted by Crippen LogP contribution is -2.31. The number of nitrogens with one attached hydrogen (secondary N) is 1. The molecule has 0 unspecified atom stereocenters. The van der Waals surface area contributed by atoms with Crippen LogP contribution < -0.4 is 25.1 Å². The van der Waals surface area contributed by atoms with Crippen LogP contribution in [-0.2, 0) is 4.79 Å². The number of halogens is 1. The minimum atomic E-state index is -0.918. The maximum atomic E-state index is 12.7. The first-order valence-corrected chi connectivity index (χ1v) is 10.2. The molecule has 9 heteroatoms. The van der Waals surface area contributed by atoms with Gasteiger partial charge in [-0.25, -0.2) is 0 Å². The summed E-state index contributed by atoms with van der Waals surface area (Å²) in [5.41, 5.74) is 2.80. The Kier molecular flexibility index (Phi) is 7.05. The number of carbonyl (C=O) groups is 1. The van der Waals surface area contributed by atoms with E-state index in [0.717, 1.165) is 11.1 Å². The summed E-state index contributed by atoms with van der Waals surface area (Å²) in [4.78, 5) is 25.0. The molecule has 8 nitrogen and oxygen atoms in total. The number of nitrogens with zero attached hydrogens (tertiary/aromatic N) is 2. The molecular weight excluding hydrogens is 434 g/mol. The highest BCUT2D eigenvalue weighted by Crippen LogP contribution is 2.36. The van der Waals surface area contributed by atoms with Crippen LogP contribution in [0.4, 0.5) is 5.69 Å². The monoisotopic (exact) mass is 457 g/mol. The Hall–Kier alpha value is -3.52. The Balaban J connectivity index is 1.79. The number of benzene rings is 2. The molecule has 1 amide bonds. The number of methoxy groups -OCH3 is 2. The van der Waals surface area contributed by atoms with Gasteiger partial charge in [-0.1, -0.05) is 17.7 Å². The van der Waals surface area contributed by atoms with Crippen molar-refractivity contribution in [1.82, 2.24) is 9.78 Å².